The summed E-state index contributed by atoms with van der Waals surface area (Å²) >= 11 is 0. The molecule has 2 N–H and O–H groups in total. The fourth-order valence-corrected chi connectivity index (χ4v) is 4.07. The number of likely N-dealkylation sites (tertiary alicyclic amines) is 1. The number of hydrogen-bond acceptors (Lipinski definition) is 4. The Morgan fingerprint density at radius 1 is 1.12 bits per heavy atom. The van der Waals surface area contributed by atoms with Crippen LogP contribution in [0.25, 0.3) is 0 Å². The molecule has 0 spiro atoms. The summed E-state index contributed by atoms with van der Waals surface area (Å²) in [6, 6.07) is 9.19. The first-order chi connectivity index (χ1) is 12.6. The van der Waals surface area contributed by atoms with E-state index < -0.39 is 6.04 Å². The van der Waals surface area contributed by atoms with Gasteiger partial charge in [-0.25, -0.2) is 0 Å². The highest BCUT2D eigenvalue weighted by molar-refractivity contribution is 5.90. The van der Waals surface area contributed by atoms with E-state index >= 15 is 0 Å². The van der Waals surface area contributed by atoms with Gasteiger partial charge in [-0.2, -0.15) is 0 Å². The molecule has 2 aliphatic heterocycles. The lowest BCUT2D eigenvalue weighted by Gasteiger charge is -2.36. The fourth-order valence-electron chi connectivity index (χ4n) is 4.07. The van der Waals surface area contributed by atoms with Crippen molar-refractivity contribution in [3.8, 4) is 0 Å². The average molecular weight is 357 g/mol. The average Bonchev–Trinajstić information content (AvgIpc) is 3.43. The number of amides is 2. The van der Waals surface area contributed by atoms with Crippen molar-refractivity contribution in [1.29, 1.82) is 0 Å². The Balaban J connectivity index is 1.43. The highest BCUT2D eigenvalue weighted by Crippen LogP contribution is 2.34. The summed E-state index contributed by atoms with van der Waals surface area (Å²) in [5.41, 5.74) is 7.19. The maximum absolute atomic E-state index is 13.1. The van der Waals surface area contributed by atoms with E-state index in [9.17, 15) is 9.59 Å². The van der Waals surface area contributed by atoms with Gasteiger partial charge in [0, 0.05) is 13.1 Å². The minimum absolute atomic E-state index is 0.0445. The summed E-state index contributed by atoms with van der Waals surface area (Å²) in [7, 11) is 0. The minimum Gasteiger partial charge on any atom is -0.370 e. The molecule has 0 bridgehead atoms. The van der Waals surface area contributed by atoms with Gasteiger partial charge in [0.05, 0.1) is 19.2 Å². The van der Waals surface area contributed by atoms with Gasteiger partial charge in [-0.15, -0.1) is 0 Å². The van der Waals surface area contributed by atoms with Crippen LogP contribution in [0.2, 0.25) is 0 Å². The molecule has 2 saturated heterocycles. The van der Waals surface area contributed by atoms with Crippen LogP contribution in [0.1, 0.15) is 37.4 Å². The van der Waals surface area contributed by atoms with Crippen LogP contribution < -0.4 is 5.73 Å². The Labute approximate surface area is 154 Å². The predicted molar refractivity (Wildman–Crippen MR) is 97.1 cm³/mol. The lowest BCUT2D eigenvalue weighted by Crippen LogP contribution is -2.54. The highest BCUT2D eigenvalue weighted by atomic mass is 16.5. The molecule has 2 amide bonds. The molecule has 3 fully saturated rings. The van der Waals surface area contributed by atoms with E-state index in [2.05, 4.69) is 0 Å². The number of hydrogen-bond donors (Lipinski definition) is 1. The summed E-state index contributed by atoms with van der Waals surface area (Å²) in [5, 5.41) is 0. The van der Waals surface area contributed by atoms with Crippen LogP contribution in [-0.2, 0) is 14.3 Å². The van der Waals surface area contributed by atoms with Crippen LogP contribution in [0.4, 0.5) is 0 Å². The first kappa shape index (κ1) is 17.5. The van der Waals surface area contributed by atoms with Gasteiger partial charge in [0.15, 0.2) is 0 Å². The second-order valence-corrected chi connectivity index (χ2v) is 7.61. The Morgan fingerprint density at radius 3 is 2.62 bits per heavy atom. The van der Waals surface area contributed by atoms with Gasteiger partial charge in [0.1, 0.15) is 12.1 Å². The van der Waals surface area contributed by atoms with Crippen molar-refractivity contribution in [2.75, 3.05) is 26.2 Å². The van der Waals surface area contributed by atoms with Crippen molar-refractivity contribution in [2.24, 2.45) is 11.7 Å². The second-order valence-electron chi connectivity index (χ2n) is 7.61. The number of rotatable bonds is 4. The largest absolute Gasteiger partial charge is 0.370 e. The molecular formula is C20H27N3O3. The molecule has 6 heteroatoms. The molecular weight excluding hydrogens is 330 g/mol. The molecule has 2 heterocycles. The molecule has 3 atom stereocenters. The van der Waals surface area contributed by atoms with Crippen LogP contribution in [0, 0.1) is 5.92 Å². The zero-order valence-corrected chi connectivity index (χ0v) is 15.0. The van der Waals surface area contributed by atoms with E-state index in [1.165, 1.54) is 0 Å². The molecule has 26 heavy (non-hydrogen) atoms. The lowest BCUT2D eigenvalue weighted by atomic mass is 10.1. The SMILES string of the molecule is N[C@H](C(=O)N1CCC[C@H]1C(=O)N1CCO[C@H](c2ccccc2)C1)C1CC1. The summed E-state index contributed by atoms with van der Waals surface area (Å²) in [6.07, 6.45) is 3.55. The highest BCUT2D eigenvalue weighted by Gasteiger charge is 2.42. The smallest absolute Gasteiger partial charge is 0.245 e. The summed E-state index contributed by atoms with van der Waals surface area (Å²) in [5.74, 6) is 0.309. The first-order valence-corrected chi connectivity index (χ1v) is 9.66. The summed E-state index contributed by atoms with van der Waals surface area (Å²) in [4.78, 5) is 29.4. The maximum Gasteiger partial charge on any atom is 0.245 e. The van der Waals surface area contributed by atoms with Crippen molar-refractivity contribution in [3.05, 3.63) is 35.9 Å². The number of nitrogens with two attached hydrogens (primary N) is 1. The van der Waals surface area contributed by atoms with E-state index in [1.54, 1.807) is 4.90 Å². The molecule has 1 saturated carbocycles. The van der Waals surface area contributed by atoms with Gasteiger partial charge in [-0.1, -0.05) is 30.3 Å². The standard InChI is InChI=1S/C20H27N3O3/c21-18(15-8-9-15)20(25)23-10-4-7-16(23)19(24)22-11-12-26-17(13-22)14-5-2-1-3-6-14/h1-3,5-6,15-18H,4,7-13,21H2/t16-,17-,18-/m0/s1. The quantitative estimate of drug-likeness (QED) is 0.882. The van der Waals surface area contributed by atoms with Crippen molar-refractivity contribution in [2.45, 2.75) is 43.9 Å². The van der Waals surface area contributed by atoms with E-state index in [-0.39, 0.29) is 24.0 Å². The Morgan fingerprint density at radius 2 is 1.88 bits per heavy atom. The summed E-state index contributed by atoms with van der Waals surface area (Å²) < 4.78 is 5.86. The zero-order chi connectivity index (χ0) is 18.1. The monoisotopic (exact) mass is 357 g/mol. The molecule has 4 rings (SSSR count). The topological polar surface area (TPSA) is 75.9 Å². The number of morpholine rings is 1. The van der Waals surface area contributed by atoms with Gasteiger partial charge in [0.2, 0.25) is 11.8 Å². The van der Waals surface area contributed by atoms with Crippen LogP contribution in [0.15, 0.2) is 30.3 Å². The van der Waals surface area contributed by atoms with E-state index in [0.29, 0.717) is 32.2 Å². The second kappa shape index (κ2) is 7.37. The minimum atomic E-state index is -0.440. The molecule has 6 nitrogen and oxygen atoms in total. The van der Waals surface area contributed by atoms with Gasteiger partial charge < -0.3 is 20.3 Å². The molecule has 140 valence electrons. The number of carbonyl (C=O) groups excluding carboxylic acids is 2. The Hall–Kier alpha value is -1.92. The van der Waals surface area contributed by atoms with Gasteiger partial charge in [-0.05, 0) is 37.2 Å². The summed E-state index contributed by atoms with van der Waals surface area (Å²) in [6.45, 7) is 2.28. The van der Waals surface area contributed by atoms with Crippen molar-refractivity contribution in [3.63, 3.8) is 0 Å². The fraction of sp³-hybridized carbons (Fsp3) is 0.600. The van der Waals surface area contributed by atoms with E-state index in [0.717, 1.165) is 31.2 Å². The van der Waals surface area contributed by atoms with E-state index in [4.69, 9.17) is 10.5 Å². The molecule has 0 radical (unpaired) electrons. The van der Waals surface area contributed by atoms with Crippen LogP contribution >= 0.6 is 0 Å². The zero-order valence-electron chi connectivity index (χ0n) is 15.0. The molecule has 1 aromatic rings. The third-order valence-electron chi connectivity index (χ3n) is 5.79. The predicted octanol–water partition coefficient (Wildman–Crippen LogP) is 1.31. The number of nitrogens with zero attached hydrogens (tertiary/aromatic N) is 2. The number of carbonyl (C=O) groups is 2. The third kappa shape index (κ3) is 3.48. The van der Waals surface area contributed by atoms with Crippen LogP contribution in [-0.4, -0.2) is 59.9 Å². The van der Waals surface area contributed by atoms with Gasteiger partial charge in [-0.3, -0.25) is 9.59 Å². The van der Waals surface area contributed by atoms with E-state index in [1.807, 2.05) is 35.2 Å². The molecule has 1 aliphatic carbocycles. The Bertz CT molecular complexity index is 662. The maximum atomic E-state index is 13.1. The van der Waals surface area contributed by atoms with Crippen LogP contribution in [0.3, 0.4) is 0 Å². The molecule has 1 aromatic carbocycles. The normalized spacial score (nSPS) is 27.4. The van der Waals surface area contributed by atoms with Crippen LogP contribution in [0.5, 0.6) is 0 Å². The van der Waals surface area contributed by atoms with Gasteiger partial charge in [0.25, 0.3) is 0 Å². The molecule has 0 aromatic heterocycles. The Kier molecular flexibility index (Phi) is 4.96. The molecule has 3 aliphatic rings. The number of ether oxygens (including phenoxy) is 1. The van der Waals surface area contributed by atoms with Gasteiger partial charge >= 0.3 is 0 Å². The van der Waals surface area contributed by atoms with Crippen molar-refractivity contribution >= 4 is 11.8 Å². The molecule has 0 unspecified atom stereocenters. The third-order valence-corrected chi connectivity index (χ3v) is 5.79. The lowest BCUT2D eigenvalue weighted by molar-refractivity contribution is -0.149. The van der Waals surface area contributed by atoms with Crippen molar-refractivity contribution < 1.29 is 14.3 Å². The van der Waals surface area contributed by atoms with Crippen molar-refractivity contribution in [1.82, 2.24) is 9.80 Å². The number of benzene rings is 1. The first-order valence-electron chi connectivity index (χ1n) is 9.66.